The van der Waals surface area contributed by atoms with Crippen molar-refractivity contribution in [1.29, 1.82) is 0 Å². The number of nitrogens with one attached hydrogen (secondary N) is 1. The lowest BCUT2D eigenvalue weighted by molar-refractivity contribution is 0.0809. The van der Waals surface area contributed by atoms with Crippen molar-refractivity contribution >= 4 is 17.2 Å². The number of amides is 1. The Balaban J connectivity index is 1.93. The van der Waals surface area contributed by atoms with Crippen molar-refractivity contribution in [2.75, 3.05) is 5.32 Å². The van der Waals surface area contributed by atoms with Crippen molar-refractivity contribution < 1.29 is 9.90 Å². The van der Waals surface area contributed by atoms with Crippen LogP contribution in [-0.2, 0) is 6.42 Å². The van der Waals surface area contributed by atoms with Gasteiger partial charge in [0.25, 0.3) is 5.91 Å². The second kappa shape index (κ2) is 6.09. The fourth-order valence-corrected chi connectivity index (χ4v) is 2.70. The average Bonchev–Trinajstić information content (AvgIpc) is 2.91. The number of benzene rings is 1. The van der Waals surface area contributed by atoms with Gasteiger partial charge in [0.2, 0.25) is 0 Å². The van der Waals surface area contributed by atoms with E-state index in [0.29, 0.717) is 17.8 Å². The molecule has 0 aliphatic carbocycles. The summed E-state index contributed by atoms with van der Waals surface area (Å²) in [5, 5.41) is 12.9. The van der Waals surface area contributed by atoms with E-state index in [1.165, 1.54) is 0 Å². The zero-order valence-corrected chi connectivity index (χ0v) is 14.1. The SMILES string of the molecule is Cc1ccccc1NC(=O)c1cnc2ccc(CC(C)(C)O)cn12. The molecule has 5 nitrogen and oxygen atoms in total. The molecule has 0 bridgehead atoms. The molecule has 124 valence electrons. The molecule has 2 heterocycles. The zero-order valence-electron chi connectivity index (χ0n) is 14.1. The van der Waals surface area contributed by atoms with Gasteiger partial charge in [-0.3, -0.25) is 9.20 Å². The maximum atomic E-state index is 12.6. The number of nitrogens with zero attached hydrogens (tertiary/aromatic N) is 2. The van der Waals surface area contributed by atoms with Crippen LogP contribution in [0.5, 0.6) is 0 Å². The van der Waals surface area contributed by atoms with Crippen molar-refractivity contribution in [2.45, 2.75) is 32.8 Å². The number of aryl methyl sites for hydroxylation is 1. The predicted molar refractivity (Wildman–Crippen MR) is 94.3 cm³/mol. The molecule has 0 saturated heterocycles. The first kappa shape index (κ1) is 16.2. The summed E-state index contributed by atoms with van der Waals surface area (Å²) < 4.78 is 1.76. The molecule has 0 atom stereocenters. The number of hydrogen-bond acceptors (Lipinski definition) is 3. The molecule has 1 amide bonds. The summed E-state index contributed by atoms with van der Waals surface area (Å²) in [5.74, 6) is -0.211. The van der Waals surface area contributed by atoms with Crippen LogP contribution < -0.4 is 5.32 Å². The Kier molecular flexibility index (Phi) is 4.11. The number of aliphatic hydroxyl groups is 1. The summed E-state index contributed by atoms with van der Waals surface area (Å²) in [7, 11) is 0. The maximum Gasteiger partial charge on any atom is 0.274 e. The van der Waals surface area contributed by atoms with E-state index in [2.05, 4.69) is 10.3 Å². The number of carbonyl (C=O) groups is 1. The van der Waals surface area contributed by atoms with Crippen molar-refractivity contribution in [2.24, 2.45) is 0 Å². The molecule has 0 aliphatic rings. The minimum Gasteiger partial charge on any atom is -0.390 e. The van der Waals surface area contributed by atoms with Crippen LogP contribution in [-0.4, -0.2) is 26.0 Å². The summed E-state index contributed by atoms with van der Waals surface area (Å²) in [6.07, 6.45) is 3.92. The molecule has 2 aromatic heterocycles. The first-order chi connectivity index (χ1) is 11.3. The van der Waals surface area contributed by atoms with Crippen LogP contribution in [0.4, 0.5) is 5.69 Å². The van der Waals surface area contributed by atoms with Crippen LogP contribution in [0.3, 0.4) is 0 Å². The summed E-state index contributed by atoms with van der Waals surface area (Å²) in [5.41, 5.74) is 3.08. The normalized spacial score (nSPS) is 11.7. The molecule has 2 N–H and O–H groups in total. The molecule has 0 fully saturated rings. The minimum absolute atomic E-state index is 0.211. The van der Waals surface area contributed by atoms with E-state index in [9.17, 15) is 9.90 Å². The van der Waals surface area contributed by atoms with E-state index in [0.717, 1.165) is 16.8 Å². The van der Waals surface area contributed by atoms with Gasteiger partial charge in [-0.2, -0.15) is 0 Å². The van der Waals surface area contributed by atoms with E-state index in [1.807, 2.05) is 49.5 Å². The topological polar surface area (TPSA) is 66.6 Å². The molecule has 3 rings (SSSR count). The molecule has 24 heavy (non-hydrogen) atoms. The Bertz CT molecular complexity index is 891. The highest BCUT2D eigenvalue weighted by molar-refractivity contribution is 6.03. The van der Waals surface area contributed by atoms with Crippen LogP contribution in [0.1, 0.15) is 35.5 Å². The second-order valence-corrected chi connectivity index (χ2v) is 6.67. The maximum absolute atomic E-state index is 12.6. The number of anilines is 1. The lowest BCUT2D eigenvalue weighted by atomic mass is 10.0. The number of fused-ring (bicyclic) bond motifs is 1. The number of aromatic nitrogens is 2. The quantitative estimate of drug-likeness (QED) is 0.775. The highest BCUT2D eigenvalue weighted by atomic mass is 16.3. The first-order valence-corrected chi connectivity index (χ1v) is 7.89. The third-order valence-corrected chi connectivity index (χ3v) is 3.83. The lowest BCUT2D eigenvalue weighted by Crippen LogP contribution is -2.22. The van der Waals surface area contributed by atoms with E-state index >= 15 is 0 Å². The van der Waals surface area contributed by atoms with Gasteiger partial charge in [0, 0.05) is 18.3 Å². The molecule has 3 aromatic rings. The molecular formula is C19H21N3O2. The van der Waals surface area contributed by atoms with Crippen LogP contribution in [0.15, 0.2) is 48.8 Å². The number of para-hydroxylation sites is 1. The van der Waals surface area contributed by atoms with Crippen LogP contribution in [0.2, 0.25) is 0 Å². The van der Waals surface area contributed by atoms with Crippen LogP contribution >= 0.6 is 0 Å². The van der Waals surface area contributed by atoms with Gasteiger partial charge in [-0.05, 0) is 44.0 Å². The average molecular weight is 323 g/mol. The van der Waals surface area contributed by atoms with Gasteiger partial charge in [-0.25, -0.2) is 4.98 Å². The number of hydrogen-bond donors (Lipinski definition) is 2. The van der Waals surface area contributed by atoms with Gasteiger partial charge in [0.05, 0.1) is 11.8 Å². The third-order valence-electron chi connectivity index (χ3n) is 3.83. The molecule has 0 unspecified atom stereocenters. The van der Waals surface area contributed by atoms with Crippen molar-refractivity contribution in [3.8, 4) is 0 Å². The summed E-state index contributed by atoms with van der Waals surface area (Å²) in [6.45, 7) is 5.47. The molecule has 0 saturated carbocycles. The summed E-state index contributed by atoms with van der Waals surface area (Å²) in [4.78, 5) is 16.9. The monoisotopic (exact) mass is 323 g/mol. The molecule has 0 aliphatic heterocycles. The highest BCUT2D eigenvalue weighted by Crippen LogP contribution is 2.17. The Morgan fingerprint density at radius 3 is 2.71 bits per heavy atom. The summed E-state index contributed by atoms with van der Waals surface area (Å²) in [6, 6.07) is 11.4. The molecule has 1 aromatic carbocycles. The Morgan fingerprint density at radius 1 is 1.25 bits per heavy atom. The number of carbonyl (C=O) groups excluding carboxylic acids is 1. The van der Waals surface area contributed by atoms with Gasteiger partial charge in [0.15, 0.2) is 0 Å². The standard InChI is InChI=1S/C19H21N3O2/c1-13-6-4-5-7-15(13)21-18(23)16-11-20-17-9-8-14(12-22(16)17)10-19(2,3)24/h4-9,11-12,24H,10H2,1-3H3,(H,21,23). The van der Waals surface area contributed by atoms with Crippen molar-refractivity contribution in [3.05, 3.63) is 65.6 Å². The first-order valence-electron chi connectivity index (χ1n) is 7.89. The van der Waals surface area contributed by atoms with Crippen molar-refractivity contribution in [1.82, 2.24) is 9.38 Å². The third kappa shape index (κ3) is 3.46. The van der Waals surface area contributed by atoms with Gasteiger partial charge in [0.1, 0.15) is 11.3 Å². The fourth-order valence-electron chi connectivity index (χ4n) is 2.70. The second-order valence-electron chi connectivity index (χ2n) is 6.67. The van der Waals surface area contributed by atoms with Gasteiger partial charge in [-0.15, -0.1) is 0 Å². The van der Waals surface area contributed by atoms with Gasteiger partial charge < -0.3 is 10.4 Å². The van der Waals surface area contributed by atoms with E-state index in [4.69, 9.17) is 0 Å². The molecule has 5 heteroatoms. The van der Waals surface area contributed by atoms with Gasteiger partial charge >= 0.3 is 0 Å². The summed E-state index contributed by atoms with van der Waals surface area (Å²) >= 11 is 0. The fraction of sp³-hybridized carbons (Fsp3) is 0.263. The van der Waals surface area contributed by atoms with Crippen molar-refractivity contribution in [3.63, 3.8) is 0 Å². The van der Waals surface area contributed by atoms with E-state index in [1.54, 1.807) is 24.4 Å². The van der Waals surface area contributed by atoms with Crippen LogP contribution in [0, 0.1) is 6.92 Å². The molecular weight excluding hydrogens is 302 g/mol. The largest absolute Gasteiger partial charge is 0.390 e. The Morgan fingerprint density at radius 2 is 2.00 bits per heavy atom. The van der Waals surface area contributed by atoms with Crippen LogP contribution in [0.25, 0.3) is 5.65 Å². The number of imidazole rings is 1. The molecule has 0 radical (unpaired) electrons. The Labute approximate surface area is 141 Å². The smallest absolute Gasteiger partial charge is 0.274 e. The predicted octanol–water partition coefficient (Wildman–Crippen LogP) is 3.21. The van der Waals surface area contributed by atoms with E-state index in [-0.39, 0.29) is 5.91 Å². The van der Waals surface area contributed by atoms with E-state index < -0.39 is 5.60 Å². The lowest BCUT2D eigenvalue weighted by Gasteiger charge is -2.17. The highest BCUT2D eigenvalue weighted by Gasteiger charge is 2.16. The molecule has 0 spiro atoms. The number of rotatable bonds is 4. The van der Waals surface area contributed by atoms with Gasteiger partial charge in [-0.1, -0.05) is 24.3 Å². The zero-order chi connectivity index (χ0) is 17.3. The number of pyridine rings is 1. The Hall–Kier alpha value is -2.66. The minimum atomic E-state index is -0.808.